The van der Waals surface area contributed by atoms with Crippen LogP contribution in [0.3, 0.4) is 0 Å². The molecule has 2 rings (SSSR count). The van der Waals surface area contributed by atoms with E-state index in [1.807, 2.05) is 0 Å². The number of benzene rings is 1. The third-order valence-corrected chi connectivity index (χ3v) is 6.35. The Balaban J connectivity index is 2.21. The molecule has 0 unspecified atom stereocenters. The van der Waals surface area contributed by atoms with Crippen molar-refractivity contribution in [1.82, 2.24) is 4.72 Å². The minimum absolute atomic E-state index is 0.126. The summed E-state index contributed by atoms with van der Waals surface area (Å²) in [7, 11) is -3.33. The van der Waals surface area contributed by atoms with Gasteiger partial charge in [-0.1, -0.05) is 30.1 Å². The summed E-state index contributed by atoms with van der Waals surface area (Å²) in [4.78, 5) is 0. The van der Waals surface area contributed by atoms with E-state index in [1.165, 1.54) is 0 Å². The summed E-state index contributed by atoms with van der Waals surface area (Å²) in [6.45, 7) is 3.05. The van der Waals surface area contributed by atoms with Gasteiger partial charge in [0.15, 0.2) is 0 Å². The molecule has 0 bridgehead atoms. The topological polar surface area (TPSA) is 55.4 Å². The van der Waals surface area contributed by atoms with Crippen LogP contribution in [0.4, 0.5) is 0 Å². The Bertz CT molecular complexity index is 592. The van der Waals surface area contributed by atoms with Gasteiger partial charge in [0.25, 0.3) is 0 Å². The maximum absolute atomic E-state index is 12.3. The first-order chi connectivity index (χ1) is 9.94. The number of sulfonamides is 1. The minimum Gasteiger partial charge on any atom is -0.381 e. The molecule has 1 aromatic rings. The van der Waals surface area contributed by atoms with E-state index in [-0.39, 0.29) is 5.92 Å². The van der Waals surface area contributed by atoms with Crippen molar-refractivity contribution in [2.45, 2.75) is 25.0 Å². The van der Waals surface area contributed by atoms with Crippen LogP contribution >= 0.6 is 23.2 Å². The number of hydrogen-bond acceptors (Lipinski definition) is 3. The predicted octanol–water partition coefficient (Wildman–Crippen LogP) is 2.88. The van der Waals surface area contributed by atoms with Crippen molar-refractivity contribution < 1.29 is 13.2 Å². The lowest BCUT2D eigenvalue weighted by molar-refractivity contribution is 0.0570. The molecule has 21 heavy (non-hydrogen) atoms. The molecule has 0 radical (unpaired) electrons. The third-order valence-electron chi connectivity index (χ3n) is 3.64. The first-order valence-corrected chi connectivity index (χ1v) is 9.24. The molecule has 7 heteroatoms. The monoisotopic (exact) mass is 351 g/mol. The number of nitrogens with one attached hydrogen (secondary N) is 1. The second kappa shape index (κ2) is 7.29. The highest BCUT2D eigenvalue weighted by Gasteiger charge is 2.36. The van der Waals surface area contributed by atoms with Crippen LogP contribution in [0, 0.1) is 5.92 Å². The van der Waals surface area contributed by atoms with Crippen LogP contribution in [-0.4, -0.2) is 33.4 Å². The Morgan fingerprint density at radius 2 is 2.14 bits per heavy atom. The van der Waals surface area contributed by atoms with Crippen molar-refractivity contribution >= 4 is 33.2 Å². The lowest BCUT2D eigenvalue weighted by atomic mass is 9.93. The summed E-state index contributed by atoms with van der Waals surface area (Å²) in [5.41, 5.74) is 0.858. The zero-order chi connectivity index (χ0) is 15.5. The Labute approximate surface area is 135 Å². The normalized spacial score (nSPS) is 23.2. The van der Waals surface area contributed by atoms with Crippen molar-refractivity contribution in [3.8, 4) is 0 Å². The largest absolute Gasteiger partial charge is 0.381 e. The zero-order valence-electron chi connectivity index (χ0n) is 11.8. The number of rotatable bonds is 5. The molecule has 1 aliphatic heterocycles. The molecular weight excluding hydrogens is 333 g/mol. The van der Waals surface area contributed by atoms with E-state index in [2.05, 4.69) is 4.72 Å². The zero-order valence-corrected chi connectivity index (χ0v) is 14.1. The van der Waals surface area contributed by atoms with Gasteiger partial charge in [-0.15, -0.1) is 0 Å². The molecule has 1 fully saturated rings. The van der Waals surface area contributed by atoms with Gasteiger partial charge >= 0.3 is 0 Å². The maximum atomic E-state index is 12.3. The Hall–Kier alpha value is -0.330. The Morgan fingerprint density at radius 3 is 2.86 bits per heavy atom. The van der Waals surface area contributed by atoms with Gasteiger partial charge in [-0.3, -0.25) is 0 Å². The number of ether oxygens (including phenoxy) is 1. The summed E-state index contributed by atoms with van der Waals surface area (Å²) >= 11 is 12.2. The summed E-state index contributed by atoms with van der Waals surface area (Å²) in [5.74, 6) is -0.126. The van der Waals surface area contributed by atoms with Gasteiger partial charge in [-0.05, 0) is 36.6 Å². The van der Waals surface area contributed by atoms with E-state index in [9.17, 15) is 8.42 Å². The lowest BCUT2D eigenvalue weighted by Crippen LogP contribution is -2.44. The van der Waals surface area contributed by atoms with Crippen molar-refractivity contribution in [3.05, 3.63) is 33.8 Å². The van der Waals surface area contributed by atoms with Crippen LogP contribution in [0.1, 0.15) is 18.9 Å². The third kappa shape index (κ3) is 4.33. The molecule has 4 nitrogen and oxygen atoms in total. The van der Waals surface area contributed by atoms with Gasteiger partial charge in [0.1, 0.15) is 0 Å². The second-order valence-electron chi connectivity index (χ2n) is 5.14. The fourth-order valence-electron chi connectivity index (χ4n) is 2.67. The lowest BCUT2D eigenvalue weighted by Gasteiger charge is -2.31. The minimum atomic E-state index is -3.33. The number of hydrogen-bond donors (Lipinski definition) is 1. The van der Waals surface area contributed by atoms with E-state index < -0.39 is 15.3 Å². The molecule has 2 atom stereocenters. The maximum Gasteiger partial charge on any atom is 0.214 e. The van der Waals surface area contributed by atoms with E-state index >= 15 is 0 Å². The molecule has 1 saturated heterocycles. The first-order valence-electron chi connectivity index (χ1n) is 6.94. The molecule has 0 saturated carbocycles. The van der Waals surface area contributed by atoms with E-state index in [4.69, 9.17) is 27.9 Å². The van der Waals surface area contributed by atoms with Crippen LogP contribution in [0.15, 0.2) is 18.2 Å². The summed E-state index contributed by atoms with van der Waals surface area (Å²) < 4.78 is 32.7. The molecule has 0 spiro atoms. The van der Waals surface area contributed by atoms with Crippen LogP contribution in [-0.2, 0) is 21.2 Å². The molecular formula is C14H19Cl2NO3S. The Morgan fingerprint density at radius 1 is 1.38 bits per heavy atom. The van der Waals surface area contributed by atoms with Crippen LogP contribution < -0.4 is 4.72 Å². The standard InChI is InChI=1S/C14H19Cl2NO3S/c1-2-17-21(18,19)14-5-6-20-9-11(14)7-10-8-12(15)3-4-13(10)16/h3-4,8,11,14,17H,2,5-7,9H2,1H3/t11-,14+/m0/s1. The van der Waals surface area contributed by atoms with Gasteiger partial charge in [0.05, 0.1) is 11.9 Å². The molecule has 0 amide bonds. The summed E-state index contributed by atoms with van der Waals surface area (Å²) in [6, 6.07) is 5.24. The second-order valence-corrected chi connectivity index (χ2v) is 7.97. The first kappa shape index (κ1) is 17.0. The average Bonchev–Trinajstić information content (AvgIpc) is 2.43. The van der Waals surface area contributed by atoms with Crippen LogP contribution in [0.2, 0.25) is 10.0 Å². The quantitative estimate of drug-likeness (QED) is 0.887. The highest BCUT2D eigenvalue weighted by Crippen LogP contribution is 2.29. The molecule has 1 heterocycles. The molecule has 0 aromatic heterocycles. The fourth-order valence-corrected chi connectivity index (χ4v) is 4.76. The van der Waals surface area contributed by atoms with Crippen LogP contribution in [0.5, 0.6) is 0 Å². The molecule has 1 aromatic carbocycles. The van der Waals surface area contributed by atoms with Gasteiger partial charge in [-0.25, -0.2) is 13.1 Å². The molecule has 0 aliphatic carbocycles. The van der Waals surface area contributed by atoms with Gasteiger partial charge in [0, 0.05) is 29.1 Å². The highest BCUT2D eigenvalue weighted by atomic mass is 35.5. The number of halogens is 2. The van der Waals surface area contributed by atoms with Gasteiger partial charge in [-0.2, -0.15) is 0 Å². The SMILES string of the molecule is CCNS(=O)(=O)[C@@H]1CCOC[C@@H]1Cc1cc(Cl)ccc1Cl. The smallest absolute Gasteiger partial charge is 0.214 e. The van der Waals surface area contributed by atoms with Crippen molar-refractivity contribution in [3.63, 3.8) is 0 Å². The van der Waals surface area contributed by atoms with E-state index in [1.54, 1.807) is 25.1 Å². The van der Waals surface area contributed by atoms with Crippen LogP contribution in [0.25, 0.3) is 0 Å². The average molecular weight is 352 g/mol. The van der Waals surface area contributed by atoms with E-state index in [0.717, 1.165) is 5.56 Å². The molecule has 1 N–H and O–H groups in total. The summed E-state index contributed by atoms with van der Waals surface area (Å²) in [6.07, 6.45) is 1.03. The summed E-state index contributed by atoms with van der Waals surface area (Å²) in [5, 5.41) is 0.739. The molecule has 118 valence electrons. The van der Waals surface area contributed by atoms with Crippen molar-refractivity contribution in [1.29, 1.82) is 0 Å². The van der Waals surface area contributed by atoms with Gasteiger partial charge in [0.2, 0.25) is 10.0 Å². The van der Waals surface area contributed by atoms with Gasteiger partial charge < -0.3 is 4.74 Å². The Kier molecular flexibility index (Phi) is 5.91. The van der Waals surface area contributed by atoms with E-state index in [0.29, 0.717) is 42.6 Å². The predicted molar refractivity (Wildman–Crippen MR) is 85.5 cm³/mol. The highest BCUT2D eigenvalue weighted by molar-refractivity contribution is 7.90. The van der Waals surface area contributed by atoms with Crippen molar-refractivity contribution in [2.24, 2.45) is 5.92 Å². The fraction of sp³-hybridized carbons (Fsp3) is 0.571. The molecule has 1 aliphatic rings. The van der Waals surface area contributed by atoms with Crippen molar-refractivity contribution in [2.75, 3.05) is 19.8 Å².